The molecule has 4 N–H and O–H groups in total. The summed E-state index contributed by atoms with van der Waals surface area (Å²) in [5.41, 5.74) is 9.13. The molecule has 0 spiro atoms. The Kier molecular flexibility index (Phi) is 11.9. The smallest absolute Gasteiger partial charge is 0.233 e. The normalized spacial score (nSPS) is 12.8. The molecule has 6 heteroatoms. The van der Waals surface area contributed by atoms with Crippen LogP contribution in [0, 0.1) is 0 Å². The topological polar surface area (TPSA) is 104 Å². The fourth-order valence-corrected chi connectivity index (χ4v) is 5.58. The summed E-state index contributed by atoms with van der Waals surface area (Å²) in [6.45, 7) is 25.5. The predicted molar refractivity (Wildman–Crippen MR) is 183 cm³/mol. The monoisotopic (exact) mass is 608 g/mol. The lowest BCUT2D eigenvalue weighted by Gasteiger charge is -2.29. The number of imide groups is 1. The van der Waals surface area contributed by atoms with Gasteiger partial charge in [-0.05, 0) is 74.4 Å². The second-order valence-electron chi connectivity index (χ2n) is 16.6. The van der Waals surface area contributed by atoms with Gasteiger partial charge in [0.1, 0.15) is 11.5 Å². The Morgan fingerprint density at radius 1 is 0.568 bits per heavy atom. The maximum Gasteiger partial charge on any atom is 0.233 e. The van der Waals surface area contributed by atoms with Crippen LogP contribution in [-0.4, -0.2) is 40.0 Å². The predicted octanol–water partition coefficient (Wildman–Crippen LogP) is 7.95. The molecule has 44 heavy (non-hydrogen) atoms. The first-order valence-electron chi connectivity index (χ1n) is 16.3. The molecule has 0 aliphatic heterocycles. The van der Waals surface area contributed by atoms with Gasteiger partial charge in [-0.15, -0.1) is 0 Å². The number of hydrogen-bond acceptors (Lipinski definition) is 5. The summed E-state index contributed by atoms with van der Waals surface area (Å²) in [6.07, 6.45) is 3.60. The van der Waals surface area contributed by atoms with Crippen LogP contribution in [0.15, 0.2) is 24.3 Å². The average Bonchev–Trinajstić information content (AvgIpc) is 2.85. The molecule has 0 radical (unpaired) electrons. The molecule has 6 nitrogen and oxygen atoms in total. The summed E-state index contributed by atoms with van der Waals surface area (Å²) in [5.74, 6) is 0.0477. The number of rotatable bonds is 10. The van der Waals surface area contributed by atoms with Gasteiger partial charge in [0.25, 0.3) is 0 Å². The van der Waals surface area contributed by atoms with Gasteiger partial charge in [0.15, 0.2) is 0 Å². The largest absolute Gasteiger partial charge is 0.507 e. The number of phenols is 2. The summed E-state index contributed by atoms with van der Waals surface area (Å²) in [4.78, 5) is 29.3. The van der Waals surface area contributed by atoms with Crippen molar-refractivity contribution in [2.24, 2.45) is 5.73 Å². The zero-order valence-corrected chi connectivity index (χ0v) is 29.7. The van der Waals surface area contributed by atoms with Crippen LogP contribution in [0.2, 0.25) is 0 Å². The zero-order chi connectivity index (χ0) is 33.8. The third kappa shape index (κ3) is 9.82. The lowest BCUT2D eigenvalue weighted by molar-refractivity contribution is -0.144. The molecule has 2 amide bonds. The first kappa shape index (κ1) is 37.3. The summed E-state index contributed by atoms with van der Waals surface area (Å²) in [5, 5.41) is 22.3. The van der Waals surface area contributed by atoms with E-state index in [0.29, 0.717) is 19.5 Å². The maximum atomic E-state index is 14.0. The molecule has 0 saturated heterocycles. The molecule has 0 heterocycles. The quantitative estimate of drug-likeness (QED) is 0.238. The molecule has 2 aromatic carbocycles. The Hall–Kier alpha value is -2.86. The van der Waals surface area contributed by atoms with Crippen molar-refractivity contribution in [1.82, 2.24) is 4.90 Å². The van der Waals surface area contributed by atoms with E-state index in [9.17, 15) is 19.8 Å². The molecule has 0 bridgehead atoms. The standard InChI is InChI=1S/C38H60N2O4/c1-35(2,3)27-19-25(20-28(33(27)43)36(4,5)6)23-31(41)40(18-16-14-13-15-17-39)32(42)24-26-21-29(37(7,8)9)34(44)30(22-26)38(10,11)12/h19-22,43-44H,13-18,23-24,39H2,1-12H3. The molecule has 0 saturated carbocycles. The van der Waals surface area contributed by atoms with Crippen molar-refractivity contribution in [1.29, 1.82) is 0 Å². The third-order valence-corrected chi connectivity index (χ3v) is 8.22. The van der Waals surface area contributed by atoms with Gasteiger partial charge in [-0.2, -0.15) is 0 Å². The van der Waals surface area contributed by atoms with E-state index >= 15 is 0 Å². The van der Waals surface area contributed by atoms with Crippen LogP contribution in [0.25, 0.3) is 0 Å². The Bertz CT molecular complexity index is 1150. The van der Waals surface area contributed by atoms with Crippen molar-refractivity contribution in [2.45, 2.75) is 143 Å². The van der Waals surface area contributed by atoms with Crippen LogP contribution in [0.5, 0.6) is 11.5 Å². The molecule has 2 rings (SSSR count). The number of benzene rings is 2. The molecule has 0 aliphatic rings. The highest BCUT2D eigenvalue weighted by Crippen LogP contribution is 2.41. The van der Waals surface area contributed by atoms with E-state index in [1.54, 1.807) is 0 Å². The first-order valence-corrected chi connectivity index (χ1v) is 16.3. The number of unbranched alkanes of at least 4 members (excludes halogenated alkanes) is 3. The number of hydrogen-bond donors (Lipinski definition) is 3. The van der Waals surface area contributed by atoms with Crippen molar-refractivity contribution < 1.29 is 19.8 Å². The van der Waals surface area contributed by atoms with E-state index in [-0.39, 0.29) is 57.8 Å². The Balaban J connectivity index is 2.52. The van der Waals surface area contributed by atoms with Gasteiger partial charge >= 0.3 is 0 Å². The highest BCUT2D eigenvalue weighted by Gasteiger charge is 2.30. The van der Waals surface area contributed by atoms with E-state index < -0.39 is 0 Å². The number of carbonyl (C=O) groups excluding carboxylic acids is 2. The Morgan fingerprint density at radius 3 is 1.14 bits per heavy atom. The number of nitrogens with zero attached hydrogens (tertiary/aromatic N) is 1. The molecule has 0 fully saturated rings. The van der Waals surface area contributed by atoms with Crippen LogP contribution in [0.4, 0.5) is 0 Å². The summed E-state index contributed by atoms with van der Waals surface area (Å²) >= 11 is 0. The van der Waals surface area contributed by atoms with E-state index in [1.165, 1.54) is 4.90 Å². The molecule has 0 aliphatic carbocycles. The van der Waals surface area contributed by atoms with Crippen LogP contribution < -0.4 is 5.73 Å². The van der Waals surface area contributed by atoms with Gasteiger partial charge in [0.05, 0.1) is 12.8 Å². The number of nitrogens with two attached hydrogens (primary N) is 1. The average molecular weight is 609 g/mol. The van der Waals surface area contributed by atoms with Crippen molar-refractivity contribution in [3.8, 4) is 11.5 Å². The molecule has 0 aromatic heterocycles. The minimum absolute atomic E-state index is 0.0665. The van der Waals surface area contributed by atoms with E-state index in [4.69, 9.17) is 5.73 Å². The van der Waals surface area contributed by atoms with Crippen LogP contribution in [0.3, 0.4) is 0 Å². The second kappa shape index (κ2) is 14.1. The number of phenolic OH excluding ortho intramolecular Hbond substituents is 2. The minimum atomic E-state index is -0.323. The van der Waals surface area contributed by atoms with Crippen molar-refractivity contribution >= 4 is 11.8 Å². The number of amides is 2. The fourth-order valence-electron chi connectivity index (χ4n) is 5.58. The molecule has 0 unspecified atom stereocenters. The van der Waals surface area contributed by atoms with E-state index in [1.807, 2.05) is 107 Å². The van der Waals surface area contributed by atoms with E-state index in [0.717, 1.165) is 52.6 Å². The third-order valence-electron chi connectivity index (χ3n) is 8.22. The summed E-state index contributed by atoms with van der Waals surface area (Å²) in [6, 6.07) is 7.66. The number of aromatic hydroxyl groups is 2. The van der Waals surface area contributed by atoms with Gasteiger partial charge in [-0.3, -0.25) is 14.5 Å². The minimum Gasteiger partial charge on any atom is -0.507 e. The van der Waals surface area contributed by atoms with Gasteiger partial charge in [-0.1, -0.05) is 120 Å². The van der Waals surface area contributed by atoms with Gasteiger partial charge in [-0.25, -0.2) is 0 Å². The van der Waals surface area contributed by atoms with Crippen molar-refractivity contribution in [3.63, 3.8) is 0 Å². The highest BCUT2D eigenvalue weighted by molar-refractivity contribution is 5.97. The second-order valence-corrected chi connectivity index (χ2v) is 16.6. The maximum absolute atomic E-state index is 14.0. The fraction of sp³-hybridized carbons (Fsp3) is 0.632. The van der Waals surface area contributed by atoms with Crippen LogP contribution >= 0.6 is 0 Å². The van der Waals surface area contributed by atoms with Crippen molar-refractivity contribution in [3.05, 3.63) is 57.6 Å². The molecular formula is C38H60N2O4. The molecule has 0 atom stereocenters. The SMILES string of the molecule is CC(C)(C)c1cc(CC(=O)N(CCCCCCN)C(=O)Cc2cc(C(C)(C)C)c(O)c(C(C)(C)C)c2)cc(C(C)(C)C)c1O. The number of carbonyl (C=O) groups is 2. The summed E-state index contributed by atoms with van der Waals surface area (Å²) in [7, 11) is 0. The molecular weight excluding hydrogens is 548 g/mol. The Morgan fingerprint density at radius 2 is 0.864 bits per heavy atom. The van der Waals surface area contributed by atoms with Crippen molar-refractivity contribution in [2.75, 3.05) is 13.1 Å². The van der Waals surface area contributed by atoms with Gasteiger partial charge in [0.2, 0.25) is 11.8 Å². The van der Waals surface area contributed by atoms with Crippen LogP contribution in [0.1, 0.15) is 142 Å². The van der Waals surface area contributed by atoms with Gasteiger partial charge in [0, 0.05) is 6.54 Å². The van der Waals surface area contributed by atoms with E-state index in [2.05, 4.69) is 0 Å². The molecule has 246 valence electrons. The lowest BCUT2D eigenvalue weighted by Crippen LogP contribution is -2.40. The lowest BCUT2D eigenvalue weighted by atomic mass is 9.78. The highest BCUT2D eigenvalue weighted by atomic mass is 16.3. The van der Waals surface area contributed by atoms with Gasteiger partial charge < -0.3 is 15.9 Å². The Labute approximate surface area is 267 Å². The zero-order valence-electron chi connectivity index (χ0n) is 29.7. The van der Waals surface area contributed by atoms with Crippen LogP contribution in [-0.2, 0) is 44.1 Å². The first-order chi connectivity index (χ1) is 20.0. The summed E-state index contributed by atoms with van der Waals surface area (Å²) < 4.78 is 0. The molecule has 2 aromatic rings.